The molecule has 2 heterocycles. The van der Waals surface area contributed by atoms with Crippen LogP contribution in [0.1, 0.15) is 32.0 Å². The molecule has 0 radical (unpaired) electrons. The summed E-state index contributed by atoms with van der Waals surface area (Å²) in [6.45, 7) is 1.35. The van der Waals surface area contributed by atoms with Gasteiger partial charge in [-0.2, -0.15) is 0 Å². The van der Waals surface area contributed by atoms with Crippen LogP contribution in [0.3, 0.4) is 0 Å². The fraction of sp³-hybridized carbons (Fsp3) is 0.143. The van der Waals surface area contributed by atoms with Crippen LogP contribution < -0.4 is 9.64 Å². The molecule has 0 atom stereocenters. The van der Waals surface area contributed by atoms with E-state index in [1.165, 1.54) is 7.11 Å². The fourth-order valence-corrected chi connectivity index (χ4v) is 4.63. The number of nitrogens with zero attached hydrogens (tertiary/aromatic N) is 2. The number of fused-ring (bicyclic) bond motifs is 2. The van der Waals surface area contributed by atoms with Crippen molar-refractivity contribution in [3.05, 3.63) is 94.1 Å². The first-order valence-electron chi connectivity index (χ1n) is 11.4. The van der Waals surface area contributed by atoms with Crippen molar-refractivity contribution in [3.63, 3.8) is 0 Å². The smallest absolute Gasteiger partial charge is 0.312 e. The average Bonchev–Trinajstić information content (AvgIpc) is 3.32. The summed E-state index contributed by atoms with van der Waals surface area (Å²) in [7, 11) is 1.53. The lowest BCUT2D eigenvalue weighted by Gasteiger charge is -2.16. The van der Waals surface area contributed by atoms with Gasteiger partial charge in [0.05, 0.1) is 30.3 Å². The van der Waals surface area contributed by atoms with E-state index >= 15 is 0 Å². The van der Waals surface area contributed by atoms with Crippen molar-refractivity contribution in [3.8, 4) is 5.75 Å². The zero-order valence-electron chi connectivity index (χ0n) is 20.0. The van der Waals surface area contributed by atoms with Crippen molar-refractivity contribution in [2.75, 3.05) is 18.7 Å². The maximum atomic E-state index is 13.4. The largest absolute Gasteiger partial charge is 0.497 e. The van der Waals surface area contributed by atoms with Gasteiger partial charge in [0.25, 0.3) is 11.7 Å². The first-order valence-corrected chi connectivity index (χ1v) is 11.8. The van der Waals surface area contributed by atoms with Gasteiger partial charge in [-0.05, 0) is 67.1 Å². The van der Waals surface area contributed by atoms with E-state index < -0.39 is 24.4 Å². The number of rotatable bonds is 6. The summed E-state index contributed by atoms with van der Waals surface area (Å²) < 4.78 is 12.3. The van der Waals surface area contributed by atoms with Gasteiger partial charge in [-0.3, -0.25) is 28.6 Å². The molecule has 9 heteroatoms. The number of carbonyl (C=O) groups is 4. The second-order valence-electron chi connectivity index (χ2n) is 8.50. The number of ketones is 1. The normalized spacial score (nSPS) is 12.7. The van der Waals surface area contributed by atoms with E-state index in [2.05, 4.69) is 0 Å². The molecule has 0 N–H and O–H groups in total. The molecule has 1 aromatic heterocycles. The first kappa shape index (κ1) is 24.3. The standard InChI is InChI=1S/C28H21ClN2O6/c1-16-21(14-25(32)37-15-30-23-6-4-3-5-20(23)26(33)28(30)35)22-13-19(36-2)11-12-24(22)31(16)27(34)17-7-9-18(29)10-8-17/h3-13H,14-15H2,1-2H3. The van der Waals surface area contributed by atoms with Crippen LogP contribution in [-0.4, -0.2) is 42.0 Å². The van der Waals surface area contributed by atoms with Crippen LogP contribution in [0, 0.1) is 6.92 Å². The van der Waals surface area contributed by atoms with Crippen molar-refractivity contribution < 1.29 is 28.7 Å². The summed E-state index contributed by atoms with van der Waals surface area (Å²) in [5, 5.41) is 1.17. The number of halogens is 1. The Hall–Kier alpha value is -4.43. The van der Waals surface area contributed by atoms with Gasteiger partial charge in [0.2, 0.25) is 0 Å². The monoisotopic (exact) mass is 516 g/mol. The quantitative estimate of drug-likeness (QED) is 0.275. The summed E-state index contributed by atoms with van der Waals surface area (Å²) in [5.41, 5.74) is 2.87. The van der Waals surface area contributed by atoms with E-state index in [4.69, 9.17) is 21.1 Å². The number of aromatic nitrogens is 1. The topological polar surface area (TPSA) is 94.9 Å². The molecule has 0 unspecified atom stereocenters. The number of carbonyl (C=O) groups excluding carboxylic acids is 4. The summed E-state index contributed by atoms with van der Waals surface area (Å²) in [5.74, 6) is -1.72. The minimum atomic E-state index is -0.750. The Balaban J connectivity index is 1.44. The third-order valence-corrected chi connectivity index (χ3v) is 6.64. The van der Waals surface area contributed by atoms with Crippen molar-refractivity contribution >= 4 is 51.8 Å². The Morgan fingerprint density at radius 3 is 2.43 bits per heavy atom. The van der Waals surface area contributed by atoms with Crippen molar-refractivity contribution in [2.45, 2.75) is 13.3 Å². The van der Waals surface area contributed by atoms with Crippen LogP contribution in [0.4, 0.5) is 5.69 Å². The lowest BCUT2D eigenvalue weighted by Crippen LogP contribution is -2.33. The molecule has 0 aliphatic carbocycles. The number of esters is 1. The highest BCUT2D eigenvalue weighted by Crippen LogP contribution is 2.32. The molecular weight excluding hydrogens is 496 g/mol. The third kappa shape index (κ3) is 4.25. The van der Waals surface area contributed by atoms with E-state index in [1.807, 2.05) is 0 Å². The molecule has 186 valence electrons. The molecule has 1 aliphatic rings. The Morgan fingerprint density at radius 2 is 1.70 bits per heavy atom. The average molecular weight is 517 g/mol. The minimum absolute atomic E-state index is 0.159. The molecule has 37 heavy (non-hydrogen) atoms. The number of para-hydroxylation sites is 1. The second kappa shape index (κ2) is 9.55. The highest BCUT2D eigenvalue weighted by atomic mass is 35.5. The molecule has 0 fully saturated rings. The SMILES string of the molecule is COc1ccc2c(c1)c(CC(=O)OCN1C(=O)C(=O)c3ccccc31)c(C)n2C(=O)c1ccc(Cl)cc1. The molecule has 8 nitrogen and oxygen atoms in total. The third-order valence-electron chi connectivity index (χ3n) is 6.39. The van der Waals surface area contributed by atoms with Crippen LogP contribution in [-0.2, 0) is 20.7 Å². The van der Waals surface area contributed by atoms with Gasteiger partial charge in [0.1, 0.15) is 5.75 Å². The summed E-state index contributed by atoms with van der Waals surface area (Å²) in [6, 6.07) is 18.4. The van der Waals surface area contributed by atoms with Crippen LogP contribution in [0.25, 0.3) is 10.9 Å². The summed E-state index contributed by atoms with van der Waals surface area (Å²) >= 11 is 5.98. The molecule has 0 bridgehead atoms. The maximum Gasteiger partial charge on any atom is 0.312 e. The maximum absolute atomic E-state index is 13.4. The van der Waals surface area contributed by atoms with Gasteiger partial charge in [-0.15, -0.1) is 0 Å². The molecule has 5 rings (SSSR count). The fourth-order valence-electron chi connectivity index (χ4n) is 4.50. The van der Waals surface area contributed by atoms with Gasteiger partial charge in [-0.25, -0.2) is 0 Å². The van der Waals surface area contributed by atoms with Crippen LogP contribution in [0.2, 0.25) is 5.02 Å². The minimum Gasteiger partial charge on any atom is -0.497 e. The Morgan fingerprint density at radius 1 is 0.973 bits per heavy atom. The van der Waals surface area contributed by atoms with E-state index in [0.29, 0.717) is 44.2 Å². The number of benzene rings is 3. The van der Waals surface area contributed by atoms with Gasteiger partial charge < -0.3 is 9.47 Å². The van der Waals surface area contributed by atoms with Crippen LogP contribution >= 0.6 is 11.6 Å². The van der Waals surface area contributed by atoms with E-state index in [0.717, 1.165) is 4.90 Å². The number of hydrogen-bond donors (Lipinski definition) is 0. The Kier molecular flexibility index (Phi) is 6.27. The molecule has 1 aliphatic heterocycles. The number of anilines is 1. The van der Waals surface area contributed by atoms with E-state index in [1.54, 1.807) is 78.2 Å². The van der Waals surface area contributed by atoms with E-state index in [9.17, 15) is 19.2 Å². The highest BCUT2D eigenvalue weighted by molar-refractivity contribution is 6.52. The number of methoxy groups -OCH3 is 1. The van der Waals surface area contributed by atoms with E-state index in [-0.39, 0.29) is 17.9 Å². The van der Waals surface area contributed by atoms with Crippen molar-refractivity contribution in [1.29, 1.82) is 0 Å². The zero-order valence-corrected chi connectivity index (χ0v) is 20.7. The number of amides is 1. The van der Waals surface area contributed by atoms with Crippen LogP contribution in [0.5, 0.6) is 5.75 Å². The number of ether oxygens (including phenoxy) is 2. The lowest BCUT2D eigenvalue weighted by atomic mass is 10.1. The summed E-state index contributed by atoms with van der Waals surface area (Å²) in [4.78, 5) is 52.1. The molecule has 1 amide bonds. The predicted octanol–water partition coefficient (Wildman–Crippen LogP) is 4.57. The first-order chi connectivity index (χ1) is 17.8. The second-order valence-corrected chi connectivity index (χ2v) is 8.93. The van der Waals surface area contributed by atoms with Crippen molar-refractivity contribution in [2.24, 2.45) is 0 Å². The highest BCUT2D eigenvalue weighted by Gasteiger charge is 2.36. The lowest BCUT2D eigenvalue weighted by molar-refractivity contribution is -0.143. The summed E-state index contributed by atoms with van der Waals surface area (Å²) in [6.07, 6.45) is -0.159. The Bertz CT molecular complexity index is 1590. The zero-order chi connectivity index (χ0) is 26.3. The number of Topliss-reactive ketones (excluding diaryl/α,β-unsaturated/α-hetero) is 1. The van der Waals surface area contributed by atoms with Gasteiger partial charge in [0, 0.05) is 21.7 Å². The molecule has 3 aromatic carbocycles. The Labute approximate surface area is 216 Å². The van der Waals surface area contributed by atoms with Gasteiger partial charge in [0.15, 0.2) is 6.73 Å². The number of hydrogen-bond acceptors (Lipinski definition) is 6. The predicted molar refractivity (Wildman–Crippen MR) is 137 cm³/mol. The van der Waals surface area contributed by atoms with Gasteiger partial charge >= 0.3 is 11.9 Å². The molecule has 0 saturated heterocycles. The van der Waals surface area contributed by atoms with Crippen molar-refractivity contribution in [1.82, 2.24) is 4.57 Å². The van der Waals surface area contributed by atoms with Gasteiger partial charge in [-0.1, -0.05) is 23.7 Å². The van der Waals surface area contributed by atoms with Crippen LogP contribution in [0.15, 0.2) is 66.7 Å². The molecule has 0 spiro atoms. The molecular formula is C28H21ClN2O6. The molecule has 4 aromatic rings. The molecule has 0 saturated carbocycles.